The first-order chi connectivity index (χ1) is 9.99. The number of aromatic nitrogens is 1. The molecule has 0 fully saturated rings. The van der Waals surface area contributed by atoms with Crippen LogP contribution in [0, 0.1) is 0 Å². The van der Waals surface area contributed by atoms with Crippen LogP contribution in [0.4, 0.5) is 5.82 Å². The molecule has 0 amide bonds. The molecule has 1 aromatic rings. The Morgan fingerprint density at radius 3 is 2.90 bits per heavy atom. The summed E-state index contributed by atoms with van der Waals surface area (Å²) in [6, 6.07) is 2.32. The van der Waals surface area contributed by atoms with Gasteiger partial charge in [0.1, 0.15) is 11.4 Å². The van der Waals surface area contributed by atoms with Gasteiger partial charge in [0.2, 0.25) is 0 Å². The normalized spacial score (nSPS) is 13.8. The number of nitrogens with one attached hydrogen (secondary N) is 1. The second-order valence-corrected chi connectivity index (χ2v) is 6.00. The number of carboxylic acids is 1. The molecule has 0 aliphatic heterocycles. The van der Waals surface area contributed by atoms with Gasteiger partial charge in [-0.25, -0.2) is 9.78 Å². The minimum atomic E-state index is -0.904. The van der Waals surface area contributed by atoms with Gasteiger partial charge in [0.05, 0.1) is 0 Å². The predicted molar refractivity (Wildman–Crippen MR) is 84.1 cm³/mol. The van der Waals surface area contributed by atoms with Gasteiger partial charge < -0.3 is 15.3 Å². The van der Waals surface area contributed by atoms with Crippen molar-refractivity contribution >= 4 is 11.8 Å². The van der Waals surface area contributed by atoms with Crippen LogP contribution < -0.4 is 5.32 Å². The molecule has 0 aromatic carbocycles. The Labute approximate surface area is 126 Å². The topological polar surface area (TPSA) is 65.5 Å². The van der Waals surface area contributed by atoms with Crippen LogP contribution in [0.1, 0.15) is 48.3 Å². The maximum Gasteiger partial charge on any atom is 0.339 e. The Morgan fingerprint density at radius 2 is 2.24 bits per heavy atom. The molecule has 116 valence electrons. The first-order valence-electron chi connectivity index (χ1n) is 7.69. The zero-order valence-electron chi connectivity index (χ0n) is 13.1. The number of hydrogen-bond donors (Lipinski definition) is 2. The molecule has 2 N–H and O–H groups in total. The van der Waals surface area contributed by atoms with Gasteiger partial charge in [-0.1, -0.05) is 0 Å². The van der Waals surface area contributed by atoms with Crippen LogP contribution in [0.3, 0.4) is 0 Å². The van der Waals surface area contributed by atoms with Crippen molar-refractivity contribution in [1.82, 2.24) is 9.88 Å². The van der Waals surface area contributed by atoms with E-state index in [1.165, 1.54) is 0 Å². The number of hydrogen-bond acceptors (Lipinski definition) is 4. The summed E-state index contributed by atoms with van der Waals surface area (Å²) in [4.78, 5) is 18.2. The number of rotatable bonds is 7. The molecule has 1 aliphatic carbocycles. The summed E-state index contributed by atoms with van der Waals surface area (Å²) >= 11 is 0. The van der Waals surface area contributed by atoms with E-state index in [0.29, 0.717) is 17.4 Å². The van der Waals surface area contributed by atoms with Gasteiger partial charge in [0.15, 0.2) is 0 Å². The number of aromatic carboxylic acids is 1. The second kappa shape index (κ2) is 6.89. The van der Waals surface area contributed by atoms with E-state index >= 15 is 0 Å². The summed E-state index contributed by atoms with van der Waals surface area (Å²) in [6.45, 7) is 6.05. The smallest absolute Gasteiger partial charge is 0.339 e. The lowest BCUT2D eigenvalue weighted by atomic mass is 10.1. The van der Waals surface area contributed by atoms with Gasteiger partial charge >= 0.3 is 5.97 Å². The van der Waals surface area contributed by atoms with Crippen LogP contribution in [-0.4, -0.2) is 47.1 Å². The van der Waals surface area contributed by atoms with E-state index in [9.17, 15) is 9.90 Å². The molecule has 0 spiro atoms. The predicted octanol–water partition coefficient (Wildman–Crippen LogP) is 2.41. The molecule has 0 radical (unpaired) electrons. The van der Waals surface area contributed by atoms with Crippen molar-refractivity contribution in [2.75, 3.05) is 25.5 Å². The maximum absolute atomic E-state index is 11.4. The first kappa shape index (κ1) is 15.8. The highest BCUT2D eigenvalue weighted by atomic mass is 16.4. The molecule has 5 nitrogen and oxygen atoms in total. The fraction of sp³-hybridized carbons (Fsp3) is 0.625. The van der Waals surface area contributed by atoms with E-state index in [2.05, 4.69) is 36.1 Å². The lowest BCUT2D eigenvalue weighted by Crippen LogP contribution is -2.28. The van der Waals surface area contributed by atoms with E-state index in [1.807, 2.05) is 0 Å². The van der Waals surface area contributed by atoms with Crippen LogP contribution in [0.15, 0.2) is 6.07 Å². The maximum atomic E-state index is 11.4. The highest BCUT2D eigenvalue weighted by Gasteiger charge is 2.19. The number of anilines is 1. The SMILES string of the molecule is CC(C)N(C)CCCNc1nc2c(cc1C(=O)O)CCC2. The van der Waals surface area contributed by atoms with Crippen LogP contribution in [0.25, 0.3) is 0 Å². The molecule has 1 aromatic heterocycles. The zero-order chi connectivity index (χ0) is 15.4. The Bertz CT molecular complexity index is 514. The molecule has 0 saturated carbocycles. The minimum Gasteiger partial charge on any atom is -0.478 e. The van der Waals surface area contributed by atoms with Crippen molar-refractivity contribution in [3.05, 3.63) is 22.9 Å². The number of carboxylic acid groups (broad SMARTS) is 1. The van der Waals surface area contributed by atoms with E-state index in [1.54, 1.807) is 6.07 Å². The summed E-state index contributed by atoms with van der Waals surface area (Å²) in [7, 11) is 2.10. The standard InChI is InChI=1S/C16H25N3O2/c1-11(2)19(3)9-5-8-17-15-13(16(20)21)10-12-6-4-7-14(12)18-15/h10-11H,4-9H2,1-3H3,(H,17,18)(H,20,21). The fourth-order valence-electron chi connectivity index (χ4n) is 2.56. The van der Waals surface area contributed by atoms with Crippen LogP contribution in [0.2, 0.25) is 0 Å². The molecule has 2 rings (SSSR count). The monoisotopic (exact) mass is 291 g/mol. The molecule has 0 bridgehead atoms. The Kier molecular flexibility index (Phi) is 5.17. The third-order valence-electron chi connectivity index (χ3n) is 4.14. The molecular weight excluding hydrogens is 266 g/mol. The van der Waals surface area contributed by atoms with Gasteiger partial charge in [-0.3, -0.25) is 0 Å². The van der Waals surface area contributed by atoms with Crippen LogP contribution >= 0.6 is 0 Å². The van der Waals surface area contributed by atoms with Crippen LogP contribution in [0.5, 0.6) is 0 Å². The zero-order valence-corrected chi connectivity index (χ0v) is 13.1. The molecule has 0 atom stereocenters. The van der Waals surface area contributed by atoms with E-state index in [0.717, 1.165) is 50.0 Å². The third kappa shape index (κ3) is 3.94. The third-order valence-corrected chi connectivity index (χ3v) is 4.14. The van der Waals surface area contributed by atoms with Gasteiger partial charge in [-0.15, -0.1) is 0 Å². The largest absolute Gasteiger partial charge is 0.478 e. The average Bonchev–Trinajstić information content (AvgIpc) is 2.89. The van der Waals surface area contributed by atoms with E-state index in [-0.39, 0.29) is 0 Å². The van der Waals surface area contributed by atoms with Crippen molar-refractivity contribution in [1.29, 1.82) is 0 Å². The number of carbonyl (C=O) groups is 1. The number of nitrogens with zero attached hydrogens (tertiary/aromatic N) is 2. The number of aryl methyl sites for hydroxylation is 2. The molecule has 1 aliphatic rings. The van der Waals surface area contributed by atoms with Crippen molar-refractivity contribution in [3.63, 3.8) is 0 Å². The summed E-state index contributed by atoms with van der Waals surface area (Å²) in [5.41, 5.74) is 2.45. The quantitative estimate of drug-likeness (QED) is 0.755. The summed E-state index contributed by atoms with van der Waals surface area (Å²) in [5.74, 6) is -0.380. The van der Waals surface area contributed by atoms with E-state index < -0.39 is 5.97 Å². The van der Waals surface area contributed by atoms with Crippen molar-refractivity contribution in [2.24, 2.45) is 0 Å². The molecular formula is C16H25N3O2. The lowest BCUT2D eigenvalue weighted by Gasteiger charge is -2.21. The summed E-state index contributed by atoms with van der Waals surface area (Å²) < 4.78 is 0. The summed E-state index contributed by atoms with van der Waals surface area (Å²) in [6.07, 6.45) is 3.94. The van der Waals surface area contributed by atoms with Gasteiger partial charge in [0, 0.05) is 18.3 Å². The lowest BCUT2D eigenvalue weighted by molar-refractivity contribution is 0.0697. The minimum absolute atomic E-state index is 0.299. The van der Waals surface area contributed by atoms with E-state index in [4.69, 9.17) is 0 Å². The molecule has 0 unspecified atom stereocenters. The number of fused-ring (bicyclic) bond motifs is 1. The van der Waals surface area contributed by atoms with Crippen molar-refractivity contribution in [2.45, 2.75) is 45.6 Å². The Morgan fingerprint density at radius 1 is 1.48 bits per heavy atom. The first-order valence-corrected chi connectivity index (χ1v) is 7.69. The summed E-state index contributed by atoms with van der Waals surface area (Å²) in [5, 5.41) is 12.5. The molecule has 1 heterocycles. The molecule has 0 saturated heterocycles. The molecule has 21 heavy (non-hydrogen) atoms. The highest BCUT2D eigenvalue weighted by molar-refractivity contribution is 5.93. The Hall–Kier alpha value is -1.62. The van der Waals surface area contributed by atoms with Gasteiger partial charge in [-0.2, -0.15) is 0 Å². The van der Waals surface area contributed by atoms with Crippen molar-refractivity contribution < 1.29 is 9.90 Å². The Balaban J connectivity index is 1.98. The van der Waals surface area contributed by atoms with Gasteiger partial charge in [-0.05, 0) is 64.8 Å². The second-order valence-electron chi connectivity index (χ2n) is 6.00. The highest BCUT2D eigenvalue weighted by Crippen LogP contribution is 2.25. The van der Waals surface area contributed by atoms with Crippen molar-refractivity contribution in [3.8, 4) is 0 Å². The van der Waals surface area contributed by atoms with Gasteiger partial charge in [0.25, 0.3) is 0 Å². The fourth-order valence-corrected chi connectivity index (χ4v) is 2.56. The average molecular weight is 291 g/mol. The number of pyridine rings is 1. The molecule has 5 heteroatoms. The van der Waals surface area contributed by atoms with Crippen LogP contribution in [-0.2, 0) is 12.8 Å².